The summed E-state index contributed by atoms with van der Waals surface area (Å²) in [6, 6.07) is 6.33. The lowest BCUT2D eigenvalue weighted by Gasteiger charge is -2.17. The zero-order valence-electron chi connectivity index (χ0n) is 18.5. The molecule has 10 heteroatoms. The van der Waals surface area contributed by atoms with Gasteiger partial charge < -0.3 is 30.1 Å². The van der Waals surface area contributed by atoms with Crippen molar-refractivity contribution in [1.29, 1.82) is 0 Å². The van der Waals surface area contributed by atoms with E-state index in [1.54, 1.807) is 4.57 Å². The van der Waals surface area contributed by atoms with Crippen molar-refractivity contribution in [3.63, 3.8) is 0 Å². The van der Waals surface area contributed by atoms with Crippen LogP contribution in [0.1, 0.15) is 49.6 Å². The van der Waals surface area contributed by atoms with Crippen molar-refractivity contribution >= 4 is 17.0 Å². The van der Waals surface area contributed by atoms with Crippen molar-refractivity contribution in [2.45, 2.75) is 63.2 Å². The predicted octanol–water partition coefficient (Wildman–Crippen LogP) is 1.72. The van der Waals surface area contributed by atoms with Crippen LogP contribution in [0.25, 0.3) is 11.2 Å². The van der Waals surface area contributed by atoms with E-state index >= 15 is 0 Å². The summed E-state index contributed by atoms with van der Waals surface area (Å²) < 4.78 is 13.0. The van der Waals surface area contributed by atoms with Crippen molar-refractivity contribution in [3.8, 4) is 5.75 Å². The fourth-order valence-electron chi connectivity index (χ4n) is 4.59. The number of nitrogens with zero attached hydrogens (tertiary/aromatic N) is 4. The van der Waals surface area contributed by atoms with E-state index in [4.69, 9.17) is 9.47 Å². The van der Waals surface area contributed by atoms with Crippen LogP contribution in [0.4, 0.5) is 5.82 Å². The van der Waals surface area contributed by atoms with Gasteiger partial charge in [-0.15, -0.1) is 0 Å². The maximum absolute atomic E-state index is 10.4. The molecule has 2 aliphatic rings. The lowest BCUT2D eigenvalue weighted by atomic mass is 10.1. The van der Waals surface area contributed by atoms with E-state index in [2.05, 4.69) is 39.3 Å². The average Bonchev–Trinajstić information content (AvgIpc) is 3.51. The second kappa shape index (κ2) is 9.22. The zero-order chi connectivity index (χ0) is 22.9. The molecule has 4 N–H and O–H groups in total. The number of aliphatic hydroxyl groups excluding tert-OH is 3. The number of anilines is 1. The number of imidazole rings is 1. The maximum atomic E-state index is 10.4. The van der Waals surface area contributed by atoms with Crippen molar-refractivity contribution in [1.82, 2.24) is 19.5 Å². The van der Waals surface area contributed by atoms with E-state index in [-0.39, 0.29) is 6.04 Å². The Morgan fingerprint density at radius 2 is 2.09 bits per heavy atom. The number of benzene rings is 1. The Balaban J connectivity index is 1.36. The van der Waals surface area contributed by atoms with Gasteiger partial charge in [0.25, 0.3) is 0 Å². The molecule has 3 heterocycles. The van der Waals surface area contributed by atoms with E-state index in [0.29, 0.717) is 17.0 Å². The smallest absolute Gasteiger partial charge is 0.167 e. The largest absolute Gasteiger partial charge is 0.494 e. The number of aliphatic hydroxyl groups is 3. The molecule has 3 aromatic rings. The molecular weight excluding hydrogens is 426 g/mol. The summed E-state index contributed by atoms with van der Waals surface area (Å²) in [5, 5.41) is 33.3. The van der Waals surface area contributed by atoms with Crippen molar-refractivity contribution in [2.75, 3.05) is 18.5 Å². The normalized spacial score (nSPS) is 26.6. The molecule has 1 aliphatic heterocycles. The number of rotatable bonds is 8. The van der Waals surface area contributed by atoms with E-state index in [1.807, 2.05) is 6.07 Å². The summed E-state index contributed by atoms with van der Waals surface area (Å²) in [4.78, 5) is 13.2. The summed E-state index contributed by atoms with van der Waals surface area (Å²) in [5.74, 6) is 1.50. The van der Waals surface area contributed by atoms with Gasteiger partial charge in [0, 0.05) is 0 Å². The molecule has 1 aliphatic carbocycles. The van der Waals surface area contributed by atoms with E-state index in [0.717, 1.165) is 38.0 Å². The second-order valence-electron chi connectivity index (χ2n) is 8.57. The Hall–Kier alpha value is -2.79. The van der Waals surface area contributed by atoms with Crippen molar-refractivity contribution < 1.29 is 24.8 Å². The number of aromatic nitrogens is 4. The zero-order valence-corrected chi connectivity index (χ0v) is 18.5. The number of hydrogen-bond acceptors (Lipinski definition) is 9. The van der Waals surface area contributed by atoms with Crippen molar-refractivity contribution in [3.05, 3.63) is 42.0 Å². The molecule has 0 bridgehead atoms. The highest BCUT2D eigenvalue weighted by Crippen LogP contribution is 2.37. The lowest BCUT2D eigenvalue weighted by molar-refractivity contribution is -0.0511. The third-order valence-corrected chi connectivity index (χ3v) is 6.42. The van der Waals surface area contributed by atoms with Crippen LogP contribution in [0, 0.1) is 0 Å². The van der Waals surface area contributed by atoms with Gasteiger partial charge in [-0.3, -0.25) is 4.57 Å². The molecule has 5 rings (SSSR count). The first kappa shape index (κ1) is 22.0. The number of fused-ring (bicyclic) bond motifs is 2. The minimum Gasteiger partial charge on any atom is -0.494 e. The molecule has 1 saturated heterocycles. The van der Waals surface area contributed by atoms with Crippen LogP contribution in [-0.4, -0.2) is 66.4 Å². The van der Waals surface area contributed by atoms with Gasteiger partial charge in [-0.25, -0.2) is 15.0 Å². The standard InChI is InChI=1S/C23H29N5O5/c1-2-3-8-32-14-5-6-15-13(9-14)4-7-16(15)27-21-18-22(25-11-24-21)28(12-26-18)23-20(31)19(30)17(10-29)33-23/h5-6,9,11-12,16-17,19-20,23,29-31H,2-4,7-8,10H2,1H3,(H,24,25,27)/t16-,17+,19+,20+,23+/m0/s1. The highest BCUT2D eigenvalue weighted by Gasteiger charge is 2.44. The summed E-state index contributed by atoms with van der Waals surface area (Å²) in [6.07, 6.45) is 2.80. The van der Waals surface area contributed by atoms with Gasteiger partial charge in [0.1, 0.15) is 30.4 Å². The number of unbranched alkanes of at least 4 members (excludes halogenated alkanes) is 1. The molecule has 33 heavy (non-hydrogen) atoms. The average molecular weight is 456 g/mol. The summed E-state index contributed by atoms with van der Waals surface area (Å²) in [7, 11) is 0. The quantitative estimate of drug-likeness (QED) is 0.374. The molecule has 0 spiro atoms. The van der Waals surface area contributed by atoms with Crippen LogP contribution in [0.15, 0.2) is 30.9 Å². The molecule has 0 amide bonds. The molecule has 1 fully saturated rings. The molecule has 176 valence electrons. The second-order valence-corrected chi connectivity index (χ2v) is 8.57. The topological polar surface area (TPSA) is 135 Å². The van der Waals surface area contributed by atoms with Crippen LogP contribution in [0.3, 0.4) is 0 Å². The lowest BCUT2D eigenvalue weighted by Crippen LogP contribution is -2.33. The van der Waals surface area contributed by atoms with Gasteiger partial charge in [-0.05, 0) is 42.5 Å². The van der Waals surface area contributed by atoms with E-state index in [9.17, 15) is 15.3 Å². The molecule has 0 unspecified atom stereocenters. The number of aryl methyl sites for hydroxylation is 1. The van der Waals surface area contributed by atoms with Crippen LogP contribution in [0.2, 0.25) is 0 Å². The Labute approximate surface area is 191 Å². The molecule has 1 aromatic carbocycles. The van der Waals surface area contributed by atoms with E-state index in [1.165, 1.54) is 23.8 Å². The van der Waals surface area contributed by atoms with Gasteiger partial charge in [-0.2, -0.15) is 0 Å². The fraction of sp³-hybridized carbons (Fsp3) is 0.522. The van der Waals surface area contributed by atoms with Gasteiger partial charge in [0.2, 0.25) is 0 Å². The highest BCUT2D eigenvalue weighted by molar-refractivity contribution is 5.83. The van der Waals surface area contributed by atoms with Crippen LogP contribution in [0.5, 0.6) is 5.75 Å². The molecule has 10 nitrogen and oxygen atoms in total. The molecule has 2 aromatic heterocycles. The number of nitrogens with one attached hydrogen (secondary N) is 1. The van der Waals surface area contributed by atoms with Gasteiger partial charge in [-0.1, -0.05) is 19.4 Å². The third kappa shape index (κ3) is 4.04. The van der Waals surface area contributed by atoms with Crippen LogP contribution < -0.4 is 10.1 Å². The Morgan fingerprint density at radius 1 is 1.21 bits per heavy atom. The first-order chi connectivity index (χ1) is 16.1. The third-order valence-electron chi connectivity index (χ3n) is 6.42. The Morgan fingerprint density at radius 3 is 2.88 bits per heavy atom. The van der Waals surface area contributed by atoms with Gasteiger partial charge in [0.15, 0.2) is 23.2 Å². The summed E-state index contributed by atoms with van der Waals surface area (Å²) in [6.45, 7) is 2.48. The van der Waals surface area contributed by atoms with E-state index < -0.39 is 31.1 Å². The molecule has 0 radical (unpaired) electrons. The molecular formula is C23H29N5O5. The first-order valence-corrected chi connectivity index (χ1v) is 11.4. The summed E-state index contributed by atoms with van der Waals surface area (Å²) >= 11 is 0. The highest BCUT2D eigenvalue weighted by atomic mass is 16.6. The Kier molecular flexibility index (Phi) is 6.15. The minimum atomic E-state index is -1.21. The summed E-state index contributed by atoms with van der Waals surface area (Å²) in [5.41, 5.74) is 3.50. The first-order valence-electron chi connectivity index (χ1n) is 11.4. The SMILES string of the molecule is CCCCOc1ccc2c(c1)CC[C@@H]2Nc1ncnc2c1ncn2[C@@H]1O[C@H](CO)[C@@H](O)[C@H]1O. The van der Waals surface area contributed by atoms with Gasteiger partial charge in [0.05, 0.1) is 25.6 Å². The number of ether oxygens (including phenoxy) is 2. The molecule has 0 saturated carbocycles. The minimum absolute atomic E-state index is 0.0851. The molecule has 5 atom stereocenters. The van der Waals surface area contributed by atoms with Crippen LogP contribution >= 0.6 is 0 Å². The van der Waals surface area contributed by atoms with Gasteiger partial charge >= 0.3 is 0 Å². The predicted molar refractivity (Wildman–Crippen MR) is 120 cm³/mol. The van der Waals surface area contributed by atoms with Crippen molar-refractivity contribution in [2.24, 2.45) is 0 Å². The van der Waals surface area contributed by atoms with Crippen LogP contribution in [-0.2, 0) is 11.2 Å². The fourth-order valence-corrected chi connectivity index (χ4v) is 4.59. The maximum Gasteiger partial charge on any atom is 0.167 e. The number of hydrogen-bond donors (Lipinski definition) is 4. The Bertz CT molecular complexity index is 1120. The monoisotopic (exact) mass is 455 g/mol.